The Morgan fingerprint density at radius 1 is 1.30 bits per heavy atom. The van der Waals surface area contributed by atoms with E-state index in [0.717, 1.165) is 4.90 Å². The molecule has 1 aliphatic carbocycles. The van der Waals surface area contributed by atoms with Gasteiger partial charge in [-0.05, 0) is 18.2 Å². The lowest BCUT2D eigenvalue weighted by atomic mass is 10.1. The summed E-state index contributed by atoms with van der Waals surface area (Å²) in [6.07, 6.45) is -3.47. The molecule has 4 N–H and O–H groups in total. The van der Waals surface area contributed by atoms with Gasteiger partial charge in [-0.3, -0.25) is 19.6 Å². The van der Waals surface area contributed by atoms with E-state index in [4.69, 9.17) is 25.8 Å². The zero-order valence-corrected chi connectivity index (χ0v) is 17.8. The molecule has 11 nitrogen and oxygen atoms in total. The minimum atomic E-state index is -4.32. The van der Waals surface area contributed by atoms with Gasteiger partial charge in [-0.15, -0.1) is 0 Å². The maximum atomic E-state index is 12.1. The van der Waals surface area contributed by atoms with E-state index >= 15 is 0 Å². The van der Waals surface area contributed by atoms with Crippen molar-refractivity contribution in [3.63, 3.8) is 0 Å². The average Bonchev–Trinajstić information content (AvgIpc) is 3.22. The molecular weight excluding hydrogens is 422 g/mol. The van der Waals surface area contributed by atoms with Gasteiger partial charge in [0.25, 0.3) is 0 Å². The molecular formula is C13H24N2O9P2S. The highest BCUT2D eigenvalue weighted by atomic mass is 32.5. The van der Waals surface area contributed by atoms with E-state index in [0.29, 0.717) is 0 Å². The standard InChI is InChI=1S/C13H24N2O9P2S/c1-6(16)14-13(17)15(2)12-11(22-3)10(24-25(4,18)27)9(23-12)7-5-8(7)26(19,20)21/h7-12H,5H2,1-4H3,(H,18,27)(H,14,16,17)(H2,19,20,21). The van der Waals surface area contributed by atoms with E-state index < -0.39 is 62.1 Å². The number of imide groups is 1. The number of nitrogens with one attached hydrogen (secondary N) is 1. The molecule has 1 aliphatic heterocycles. The predicted molar refractivity (Wildman–Crippen MR) is 97.7 cm³/mol. The lowest BCUT2D eigenvalue weighted by Gasteiger charge is -2.29. The van der Waals surface area contributed by atoms with Gasteiger partial charge in [0, 0.05) is 33.7 Å². The van der Waals surface area contributed by atoms with Crippen molar-refractivity contribution in [3.05, 3.63) is 0 Å². The number of urea groups is 1. The van der Waals surface area contributed by atoms with Gasteiger partial charge < -0.3 is 28.7 Å². The highest BCUT2D eigenvalue weighted by molar-refractivity contribution is 8.09. The van der Waals surface area contributed by atoms with Crippen LogP contribution in [0.25, 0.3) is 0 Å². The van der Waals surface area contributed by atoms with E-state index in [2.05, 4.69) is 5.32 Å². The van der Waals surface area contributed by atoms with Crippen LogP contribution in [0.5, 0.6) is 0 Å². The topological polar surface area (TPSA) is 155 Å². The summed E-state index contributed by atoms with van der Waals surface area (Å²) in [5.74, 6) is -1.10. The highest BCUT2D eigenvalue weighted by Gasteiger charge is 2.62. The first-order valence-electron chi connectivity index (χ1n) is 8.02. The van der Waals surface area contributed by atoms with Gasteiger partial charge in [0.2, 0.25) is 5.91 Å². The largest absolute Gasteiger partial charge is 0.374 e. The van der Waals surface area contributed by atoms with Crippen LogP contribution >= 0.6 is 14.1 Å². The van der Waals surface area contributed by atoms with Crippen molar-refractivity contribution in [2.75, 3.05) is 20.8 Å². The van der Waals surface area contributed by atoms with Crippen LogP contribution < -0.4 is 5.32 Å². The van der Waals surface area contributed by atoms with Crippen molar-refractivity contribution in [2.45, 2.75) is 43.5 Å². The summed E-state index contributed by atoms with van der Waals surface area (Å²) in [7, 11) is -1.59. The highest BCUT2D eigenvalue weighted by Crippen LogP contribution is 2.62. The Labute approximate surface area is 161 Å². The predicted octanol–water partition coefficient (Wildman–Crippen LogP) is -0.203. The SMILES string of the molecule is COC1C(OP(C)(O)=S)C(C2CC2P(=O)(O)O)OC1N(C)C(=O)NC(C)=O. The number of hydrogen-bond donors (Lipinski definition) is 4. The Bertz CT molecular complexity index is 695. The van der Waals surface area contributed by atoms with Gasteiger partial charge in [-0.25, -0.2) is 4.79 Å². The minimum Gasteiger partial charge on any atom is -0.374 e. The molecule has 14 heteroatoms. The molecule has 3 amide bonds. The van der Waals surface area contributed by atoms with Crippen molar-refractivity contribution < 1.29 is 42.8 Å². The zero-order valence-electron chi connectivity index (χ0n) is 15.2. The van der Waals surface area contributed by atoms with Crippen LogP contribution in [-0.4, -0.2) is 82.5 Å². The molecule has 2 aliphatic rings. The minimum absolute atomic E-state index is 0.208. The van der Waals surface area contributed by atoms with E-state index in [1.807, 2.05) is 0 Å². The number of methoxy groups -OCH3 is 1. The molecule has 0 spiro atoms. The summed E-state index contributed by atoms with van der Waals surface area (Å²) < 4.78 is 28.4. The Morgan fingerprint density at radius 2 is 1.89 bits per heavy atom. The fourth-order valence-electron chi connectivity index (χ4n) is 3.21. The molecule has 1 saturated heterocycles. The van der Waals surface area contributed by atoms with Crippen molar-refractivity contribution in [1.82, 2.24) is 10.2 Å². The van der Waals surface area contributed by atoms with Crippen LogP contribution in [-0.2, 0) is 35.2 Å². The summed E-state index contributed by atoms with van der Waals surface area (Å²) in [5, 5.41) is 2.10. The van der Waals surface area contributed by atoms with Crippen LogP contribution in [0.3, 0.4) is 0 Å². The van der Waals surface area contributed by atoms with Crippen molar-refractivity contribution >= 4 is 37.8 Å². The average molecular weight is 446 g/mol. The molecule has 27 heavy (non-hydrogen) atoms. The summed E-state index contributed by atoms with van der Waals surface area (Å²) in [6, 6.07) is -0.740. The second-order valence-corrected chi connectivity index (χ2v) is 12.4. The fourth-order valence-corrected chi connectivity index (χ4v) is 5.39. The number of rotatable bonds is 6. The number of likely N-dealkylation sites (N-methyl/N-ethyl adjacent to an activating group) is 1. The Balaban J connectivity index is 2.27. The van der Waals surface area contributed by atoms with Crippen molar-refractivity contribution in [1.29, 1.82) is 0 Å². The quantitative estimate of drug-likeness (QED) is 0.403. The molecule has 1 saturated carbocycles. The summed E-state index contributed by atoms with van der Waals surface area (Å²) >= 11 is 4.94. The number of nitrogens with zero attached hydrogens (tertiary/aromatic N) is 1. The molecule has 0 aromatic rings. The van der Waals surface area contributed by atoms with Gasteiger partial charge in [-0.1, -0.05) is 0 Å². The van der Waals surface area contributed by atoms with Gasteiger partial charge >= 0.3 is 13.6 Å². The van der Waals surface area contributed by atoms with E-state index in [9.17, 15) is 28.8 Å². The number of amides is 3. The van der Waals surface area contributed by atoms with E-state index in [-0.39, 0.29) is 6.42 Å². The lowest BCUT2D eigenvalue weighted by Crippen LogP contribution is -2.50. The third-order valence-electron chi connectivity index (χ3n) is 4.46. The Kier molecular flexibility index (Phi) is 6.89. The maximum absolute atomic E-state index is 12.1. The van der Waals surface area contributed by atoms with Gasteiger partial charge in [-0.2, -0.15) is 0 Å². The molecule has 1 heterocycles. The second kappa shape index (κ2) is 8.14. The first-order chi connectivity index (χ1) is 12.3. The molecule has 7 unspecified atom stereocenters. The van der Waals surface area contributed by atoms with Crippen LogP contribution in [0.1, 0.15) is 13.3 Å². The summed E-state index contributed by atoms with van der Waals surface area (Å²) in [6.45, 7) is -0.662. The molecule has 156 valence electrons. The zero-order chi connectivity index (χ0) is 20.7. The molecule has 0 aromatic heterocycles. The van der Waals surface area contributed by atoms with Crippen LogP contribution in [0.4, 0.5) is 4.79 Å². The van der Waals surface area contributed by atoms with Crippen molar-refractivity contribution in [2.24, 2.45) is 5.92 Å². The van der Waals surface area contributed by atoms with E-state index in [1.54, 1.807) is 0 Å². The summed E-state index contributed by atoms with van der Waals surface area (Å²) in [5.41, 5.74) is -0.894. The fraction of sp³-hybridized carbons (Fsp3) is 0.846. The Hall–Kier alpha value is -0.420. The normalized spacial score (nSPS) is 35.4. The lowest BCUT2D eigenvalue weighted by molar-refractivity contribution is -0.118. The third kappa shape index (κ3) is 5.56. The first-order valence-corrected chi connectivity index (χ1v) is 12.8. The van der Waals surface area contributed by atoms with Gasteiger partial charge in [0.15, 0.2) is 12.7 Å². The molecule has 7 atom stereocenters. The number of hydrogen-bond acceptors (Lipinski definition) is 7. The van der Waals surface area contributed by atoms with Gasteiger partial charge in [0.1, 0.15) is 12.2 Å². The summed E-state index contributed by atoms with van der Waals surface area (Å²) in [4.78, 5) is 53.2. The number of carbonyl (C=O) groups is 2. The monoisotopic (exact) mass is 446 g/mol. The number of carbonyl (C=O) groups excluding carboxylic acids is 2. The second-order valence-electron chi connectivity index (χ2n) is 6.72. The molecule has 2 fully saturated rings. The van der Waals surface area contributed by atoms with Crippen LogP contribution in [0.15, 0.2) is 0 Å². The van der Waals surface area contributed by atoms with Crippen molar-refractivity contribution in [3.8, 4) is 0 Å². The maximum Gasteiger partial charge on any atom is 0.328 e. The molecule has 0 bridgehead atoms. The number of ether oxygens (including phenoxy) is 2. The van der Waals surface area contributed by atoms with Gasteiger partial charge in [0.05, 0.1) is 11.8 Å². The van der Waals surface area contributed by atoms with Crippen LogP contribution in [0.2, 0.25) is 0 Å². The first kappa shape index (κ1) is 22.9. The Morgan fingerprint density at radius 3 is 2.30 bits per heavy atom. The van der Waals surface area contributed by atoms with E-state index in [1.165, 1.54) is 27.7 Å². The smallest absolute Gasteiger partial charge is 0.328 e. The third-order valence-corrected chi connectivity index (χ3v) is 6.81. The molecule has 2 rings (SSSR count). The molecule has 0 aromatic carbocycles. The molecule has 0 radical (unpaired) electrons. The van der Waals surface area contributed by atoms with Crippen LogP contribution in [0, 0.1) is 5.92 Å².